The van der Waals surface area contributed by atoms with Crippen LogP contribution in [0, 0.1) is 6.92 Å². The molecule has 0 aliphatic heterocycles. The predicted molar refractivity (Wildman–Crippen MR) is 132 cm³/mol. The smallest absolute Gasteiger partial charge is 0.148 e. The molecule has 0 atom stereocenters. The van der Waals surface area contributed by atoms with Crippen LogP contribution in [0.15, 0.2) is 66.7 Å². The quantitative estimate of drug-likeness (QED) is 0.261. The highest BCUT2D eigenvalue weighted by atomic mass is 16.5. The van der Waals surface area contributed by atoms with Gasteiger partial charge < -0.3 is 18.8 Å². The molecule has 0 fully saturated rings. The lowest BCUT2D eigenvalue weighted by molar-refractivity contribution is 0.277. The Morgan fingerprint density at radius 3 is 2.42 bits per heavy atom. The summed E-state index contributed by atoms with van der Waals surface area (Å²) in [7, 11) is 1.66. The molecule has 3 aromatic carbocycles. The molecule has 0 N–H and O–H groups in total. The zero-order valence-electron chi connectivity index (χ0n) is 19.9. The summed E-state index contributed by atoms with van der Waals surface area (Å²) in [4.78, 5) is 4.86. The fraction of sp³-hybridized carbons (Fsp3) is 0.321. The van der Waals surface area contributed by atoms with Gasteiger partial charge in [0.15, 0.2) is 0 Å². The van der Waals surface area contributed by atoms with E-state index in [9.17, 15) is 0 Å². The van der Waals surface area contributed by atoms with Gasteiger partial charge in [0.2, 0.25) is 0 Å². The molecule has 0 unspecified atom stereocenters. The van der Waals surface area contributed by atoms with Crippen LogP contribution in [-0.2, 0) is 13.2 Å². The van der Waals surface area contributed by atoms with Crippen molar-refractivity contribution in [2.24, 2.45) is 0 Å². The first-order valence-corrected chi connectivity index (χ1v) is 11.5. The number of ether oxygens (including phenoxy) is 3. The van der Waals surface area contributed by atoms with Gasteiger partial charge >= 0.3 is 0 Å². The average molecular weight is 445 g/mol. The number of rotatable bonds is 10. The maximum absolute atomic E-state index is 6.31. The van der Waals surface area contributed by atoms with E-state index in [0.717, 1.165) is 47.1 Å². The van der Waals surface area contributed by atoms with Crippen LogP contribution in [0.25, 0.3) is 11.0 Å². The number of fused-ring (bicyclic) bond motifs is 1. The SMILES string of the molecule is COc1ccc(OCCCn2c(COc3cc(C)ccc3C(C)C)nc3ccccc32)cc1. The molecule has 0 aliphatic rings. The largest absolute Gasteiger partial charge is 0.497 e. The Morgan fingerprint density at radius 1 is 0.909 bits per heavy atom. The first kappa shape index (κ1) is 22.7. The molecule has 1 aromatic heterocycles. The molecule has 0 saturated carbocycles. The Labute approximate surface area is 195 Å². The first-order valence-electron chi connectivity index (χ1n) is 11.5. The molecule has 1 heterocycles. The number of aryl methyl sites for hydroxylation is 2. The second kappa shape index (κ2) is 10.4. The van der Waals surface area contributed by atoms with Crippen LogP contribution in [0.3, 0.4) is 0 Å². The Morgan fingerprint density at radius 2 is 1.67 bits per heavy atom. The Balaban J connectivity index is 1.46. The Bertz CT molecular complexity index is 1200. The zero-order valence-corrected chi connectivity index (χ0v) is 19.9. The lowest BCUT2D eigenvalue weighted by Gasteiger charge is -2.16. The number of imidazole rings is 1. The third-order valence-corrected chi connectivity index (χ3v) is 5.74. The van der Waals surface area contributed by atoms with Gasteiger partial charge in [0.05, 0.1) is 24.8 Å². The van der Waals surface area contributed by atoms with Crippen molar-refractivity contribution in [3.63, 3.8) is 0 Å². The molecule has 5 nitrogen and oxygen atoms in total. The number of nitrogens with zero attached hydrogens (tertiary/aromatic N) is 2. The summed E-state index contributed by atoms with van der Waals surface area (Å²) in [6.45, 7) is 8.33. The topological polar surface area (TPSA) is 45.5 Å². The summed E-state index contributed by atoms with van der Waals surface area (Å²) in [5, 5.41) is 0. The number of hydrogen-bond donors (Lipinski definition) is 0. The van der Waals surface area contributed by atoms with Crippen LogP contribution in [-0.4, -0.2) is 23.3 Å². The normalized spacial score (nSPS) is 11.2. The summed E-state index contributed by atoms with van der Waals surface area (Å²) < 4.78 is 19.7. The maximum atomic E-state index is 6.31. The molecule has 4 aromatic rings. The average Bonchev–Trinajstić information content (AvgIpc) is 3.18. The molecular formula is C28H32N2O3. The van der Waals surface area contributed by atoms with Crippen LogP contribution in [0.1, 0.15) is 43.1 Å². The highest BCUT2D eigenvalue weighted by molar-refractivity contribution is 5.75. The van der Waals surface area contributed by atoms with E-state index >= 15 is 0 Å². The third-order valence-electron chi connectivity index (χ3n) is 5.74. The molecule has 0 spiro atoms. The van der Waals surface area contributed by atoms with E-state index in [2.05, 4.69) is 61.7 Å². The number of hydrogen-bond acceptors (Lipinski definition) is 4. The maximum Gasteiger partial charge on any atom is 0.148 e. The second-order valence-electron chi connectivity index (χ2n) is 8.53. The van der Waals surface area contributed by atoms with E-state index in [1.165, 1.54) is 11.1 Å². The molecule has 172 valence electrons. The van der Waals surface area contributed by atoms with Gasteiger partial charge in [0.25, 0.3) is 0 Å². The van der Waals surface area contributed by atoms with E-state index in [1.807, 2.05) is 30.3 Å². The summed E-state index contributed by atoms with van der Waals surface area (Å²) in [6.07, 6.45) is 0.862. The summed E-state index contributed by atoms with van der Waals surface area (Å²) >= 11 is 0. The van der Waals surface area contributed by atoms with Crippen molar-refractivity contribution < 1.29 is 14.2 Å². The van der Waals surface area contributed by atoms with Gasteiger partial charge in [0.1, 0.15) is 29.7 Å². The molecule has 0 amide bonds. The molecular weight excluding hydrogens is 412 g/mol. The summed E-state index contributed by atoms with van der Waals surface area (Å²) in [6, 6.07) is 22.3. The molecule has 0 radical (unpaired) electrons. The first-order chi connectivity index (χ1) is 16.0. The summed E-state index contributed by atoms with van der Waals surface area (Å²) in [5.41, 5.74) is 4.52. The number of benzene rings is 3. The van der Waals surface area contributed by atoms with Gasteiger partial charge in [-0.2, -0.15) is 0 Å². The van der Waals surface area contributed by atoms with Gasteiger partial charge in [-0.1, -0.05) is 38.1 Å². The highest BCUT2D eigenvalue weighted by Gasteiger charge is 2.13. The van der Waals surface area contributed by atoms with Crippen LogP contribution in [0.2, 0.25) is 0 Å². The van der Waals surface area contributed by atoms with Crippen LogP contribution >= 0.6 is 0 Å². The molecule has 0 saturated heterocycles. The van der Waals surface area contributed by atoms with E-state index < -0.39 is 0 Å². The number of methoxy groups -OCH3 is 1. The van der Waals surface area contributed by atoms with Crippen LogP contribution in [0.4, 0.5) is 0 Å². The van der Waals surface area contributed by atoms with Crippen LogP contribution < -0.4 is 14.2 Å². The minimum atomic E-state index is 0.398. The fourth-order valence-electron chi connectivity index (χ4n) is 3.96. The molecule has 4 rings (SSSR count). The van der Waals surface area contributed by atoms with E-state index in [4.69, 9.17) is 19.2 Å². The van der Waals surface area contributed by atoms with E-state index in [0.29, 0.717) is 19.1 Å². The van der Waals surface area contributed by atoms with Gasteiger partial charge in [-0.25, -0.2) is 4.98 Å². The minimum Gasteiger partial charge on any atom is -0.497 e. The van der Waals surface area contributed by atoms with Gasteiger partial charge in [0, 0.05) is 6.54 Å². The van der Waals surface area contributed by atoms with Gasteiger partial charge in [-0.05, 0) is 72.9 Å². The predicted octanol–water partition coefficient (Wildman–Crippen LogP) is 6.52. The van der Waals surface area contributed by atoms with Crippen molar-refractivity contribution in [1.29, 1.82) is 0 Å². The van der Waals surface area contributed by atoms with Gasteiger partial charge in [-0.15, -0.1) is 0 Å². The van der Waals surface area contributed by atoms with Crippen LogP contribution in [0.5, 0.6) is 17.2 Å². The fourth-order valence-corrected chi connectivity index (χ4v) is 3.96. The highest BCUT2D eigenvalue weighted by Crippen LogP contribution is 2.28. The standard InChI is InChI=1S/C28H32N2O3/c1-20(2)24-15-10-21(3)18-27(24)33-19-28-29-25-8-5-6-9-26(25)30(28)16-7-17-32-23-13-11-22(31-4)12-14-23/h5-6,8-15,18,20H,7,16-17,19H2,1-4H3. The third kappa shape index (κ3) is 5.48. The van der Waals surface area contributed by atoms with Crippen molar-refractivity contribution in [1.82, 2.24) is 9.55 Å². The molecule has 0 aliphatic carbocycles. The van der Waals surface area contributed by atoms with E-state index in [1.54, 1.807) is 7.11 Å². The monoisotopic (exact) mass is 444 g/mol. The van der Waals surface area contributed by atoms with Crippen molar-refractivity contribution in [3.8, 4) is 17.2 Å². The van der Waals surface area contributed by atoms with Crippen molar-refractivity contribution in [2.45, 2.75) is 46.3 Å². The van der Waals surface area contributed by atoms with E-state index in [-0.39, 0.29) is 0 Å². The molecule has 0 bridgehead atoms. The lowest BCUT2D eigenvalue weighted by atomic mass is 10.0. The Kier molecular flexibility index (Phi) is 7.18. The second-order valence-corrected chi connectivity index (χ2v) is 8.53. The van der Waals surface area contributed by atoms with Crippen molar-refractivity contribution in [2.75, 3.05) is 13.7 Å². The summed E-state index contributed by atoms with van der Waals surface area (Å²) in [5.74, 6) is 3.93. The number of aromatic nitrogens is 2. The molecule has 33 heavy (non-hydrogen) atoms. The zero-order chi connectivity index (χ0) is 23.2. The van der Waals surface area contributed by atoms with Crippen molar-refractivity contribution in [3.05, 3.63) is 83.7 Å². The lowest BCUT2D eigenvalue weighted by Crippen LogP contribution is -2.11. The Hall–Kier alpha value is -3.47. The minimum absolute atomic E-state index is 0.398. The van der Waals surface area contributed by atoms with Crippen molar-refractivity contribution >= 4 is 11.0 Å². The number of para-hydroxylation sites is 2. The van der Waals surface area contributed by atoms with Gasteiger partial charge in [-0.3, -0.25) is 0 Å². The molecule has 5 heteroatoms.